The van der Waals surface area contributed by atoms with Gasteiger partial charge in [-0.05, 0) is 44.6 Å². The number of benzene rings is 1. The fourth-order valence-electron chi connectivity index (χ4n) is 2.77. The molecule has 1 aromatic heterocycles. The Morgan fingerprint density at radius 2 is 2.29 bits per heavy atom. The molecule has 0 bridgehead atoms. The van der Waals surface area contributed by atoms with Gasteiger partial charge in [-0.1, -0.05) is 28.9 Å². The third-order valence-electron chi connectivity index (χ3n) is 3.80. The minimum absolute atomic E-state index is 0.557. The SMILES string of the molecule is CNCC1CCN(Cc2nc(-c3ccccc3Cl)no2)C1. The molecule has 0 aliphatic carbocycles. The molecule has 1 aliphatic heterocycles. The predicted octanol–water partition coefficient (Wildman–Crippen LogP) is 2.43. The highest BCUT2D eigenvalue weighted by Gasteiger charge is 2.23. The Hall–Kier alpha value is -1.43. The van der Waals surface area contributed by atoms with Crippen LogP contribution in [0.1, 0.15) is 12.3 Å². The summed E-state index contributed by atoms with van der Waals surface area (Å²) < 4.78 is 5.35. The Bertz CT molecular complexity index is 601. The highest BCUT2D eigenvalue weighted by atomic mass is 35.5. The Morgan fingerprint density at radius 3 is 3.10 bits per heavy atom. The van der Waals surface area contributed by atoms with Gasteiger partial charge in [0.1, 0.15) is 0 Å². The van der Waals surface area contributed by atoms with E-state index in [0.717, 1.165) is 25.2 Å². The van der Waals surface area contributed by atoms with Crippen molar-refractivity contribution in [1.29, 1.82) is 0 Å². The highest BCUT2D eigenvalue weighted by Crippen LogP contribution is 2.25. The molecule has 5 nitrogen and oxygen atoms in total. The molecule has 0 spiro atoms. The summed E-state index contributed by atoms with van der Waals surface area (Å²) in [6, 6.07) is 7.53. The van der Waals surface area contributed by atoms with Crippen molar-refractivity contribution in [2.45, 2.75) is 13.0 Å². The number of rotatable bonds is 5. The Kier molecular flexibility index (Phi) is 4.53. The molecule has 1 N–H and O–H groups in total. The van der Waals surface area contributed by atoms with Crippen molar-refractivity contribution in [2.75, 3.05) is 26.7 Å². The van der Waals surface area contributed by atoms with Crippen LogP contribution in [0.2, 0.25) is 5.02 Å². The van der Waals surface area contributed by atoms with Gasteiger partial charge in [-0.15, -0.1) is 0 Å². The monoisotopic (exact) mass is 306 g/mol. The molecule has 1 atom stereocenters. The highest BCUT2D eigenvalue weighted by molar-refractivity contribution is 6.33. The number of likely N-dealkylation sites (tertiary alicyclic amines) is 1. The first-order chi connectivity index (χ1) is 10.3. The number of hydrogen-bond donors (Lipinski definition) is 1. The molecule has 0 amide bonds. The van der Waals surface area contributed by atoms with Crippen LogP contribution >= 0.6 is 11.6 Å². The molecule has 2 heterocycles. The summed E-state index contributed by atoms with van der Waals surface area (Å²) in [7, 11) is 2.00. The molecule has 0 radical (unpaired) electrons. The first kappa shape index (κ1) is 14.5. The number of nitrogens with zero attached hydrogens (tertiary/aromatic N) is 3. The van der Waals surface area contributed by atoms with E-state index in [2.05, 4.69) is 20.4 Å². The molecule has 2 aromatic rings. The molecular formula is C15H19ClN4O. The standard InChI is InChI=1S/C15H19ClN4O/c1-17-8-11-6-7-20(9-11)10-14-18-15(19-21-14)12-4-2-3-5-13(12)16/h2-5,11,17H,6-10H2,1H3. The quantitative estimate of drug-likeness (QED) is 0.919. The van der Waals surface area contributed by atoms with E-state index < -0.39 is 0 Å². The van der Waals surface area contributed by atoms with Gasteiger partial charge in [0.2, 0.25) is 11.7 Å². The maximum Gasteiger partial charge on any atom is 0.241 e. The molecule has 1 fully saturated rings. The summed E-state index contributed by atoms with van der Waals surface area (Å²) >= 11 is 6.15. The second-order valence-electron chi connectivity index (χ2n) is 5.44. The summed E-state index contributed by atoms with van der Waals surface area (Å²) in [6.07, 6.45) is 1.21. The predicted molar refractivity (Wildman–Crippen MR) is 82.1 cm³/mol. The molecule has 6 heteroatoms. The first-order valence-corrected chi connectivity index (χ1v) is 7.58. The molecule has 1 aromatic carbocycles. The van der Waals surface area contributed by atoms with E-state index in [1.165, 1.54) is 6.42 Å². The van der Waals surface area contributed by atoms with Crippen LogP contribution in [-0.2, 0) is 6.54 Å². The summed E-state index contributed by atoms with van der Waals surface area (Å²) in [6.45, 7) is 3.92. The summed E-state index contributed by atoms with van der Waals surface area (Å²) in [5, 5.41) is 7.91. The van der Waals surface area contributed by atoms with Crippen LogP contribution in [0, 0.1) is 5.92 Å². The van der Waals surface area contributed by atoms with Gasteiger partial charge in [0, 0.05) is 12.1 Å². The molecule has 112 valence electrons. The van der Waals surface area contributed by atoms with Crippen LogP contribution in [0.3, 0.4) is 0 Å². The largest absolute Gasteiger partial charge is 0.338 e. The van der Waals surface area contributed by atoms with Gasteiger partial charge < -0.3 is 9.84 Å². The lowest BCUT2D eigenvalue weighted by molar-refractivity contribution is 0.260. The van der Waals surface area contributed by atoms with Crippen molar-refractivity contribution >= 4 is 11.6 Å². The van der Waals surface area contributed by atoms with Crippen molar-refractivity contribution in [1.82, 2.24) is 20.4 Å². The zero-order valence-electron chi connectivity index (χ0n) is 12.1. The lowest BCUT2D eigenvalue weighted by Crippen LogP contribution is -2.24. The number of hydrogen-bond acceptors (Lipinski definition) is 5. The lowest BCUT2D eigenvalue weighted by atomic mass is 10.1. The van der Waals surface area contributed by atoms with Crippen molar-refractivity contribution in [3.63, 3.8) is 0 Å². The third-order valence-corrected chi connectivity index (χ3v) is 4.13. The molecule has 1 aliphatic rings. The van der Waals surface area contributed by atoms with Gasteiger partial charge in [0.15, 0.2) is 0 Å². The minimum atomic E-state index is 0.557. The number of halogens is 1. The molecule has 0 saturated carbocycles. The van der Waals surface area contributed by atoms with Gasteiger partial charge in [0.05, 0.1) is 11.6 Å². The van der Waals surface area contributed by atoms with E-state index in [0.29, 0.717) is 29.2 Å². The van der Waals surface area contributed by atoms with E-state index in [4.69, 9.17) is 16.1 Å². The summed E-state index contributed by atoms with van der Waals surface area (Å²) in [5.74, 6) is 1.91. The smallest absolute Gasteiger partial charge is 0.241 e. The lowest BCUT2D eigenvalue weighted by Gasteiger charge is -2.12. The molecule has 1 saturated heterocycles. The maximum atomic E-state index is 6.15. The second-order valence-corrected chi connectivity index (χ2v) is 5.85. The molecule has 21 heavy (non-hydrogen) atoms. The first-order valence-electron chi connectivity index (χ1n) is 7.20. The number of nitrogens with one attached hydrogen (secondary N) is 1. The van der Waals surface area contributed by atoms with Crippen LogP contribution in [0.4, 0.5) is 0 Å². The van der Waals surface area contributed by atoms with E-state index >= 15 is 0 Å². The minimum Gasteiger partial charge on any atom is -0.338 e. The summed E-state index contributed by atoms with van der Waals surface area (Å²) in [5.41, 5.74) is 0.809. The van der Waals surface area contributed by atoms with E-state index in [-0.39, 0.29) is 0 Å². The van der Waals surface area contributed by atoms with Crippen molar-refractivity contribution in [2.24, 2.45) is 5.92 Å². The van der Waals surface area contributed by atoms with E-state index in [1.54, 1.807) is 0 Å². The summed E-state index contributed by atoms with van der Waals surface area (Å²) in [4.78, 5) is 6.81. The molecular weight excluding hydrogens is 288 g/mol. The van der Waals surface area contributed by atoms with Crippen LogP contribution in [0.5, 0.6) is 0 Å². The average molecular weight is 307 g/mol. The fraction of sp³-hybridized carbons (Fsp3) is 0.467. The van der Waals surface area contributed by atoms with E-state index in [1.807, 2.05) is 31.3 Å². The Labute approximate surface area is 129 Å². The van der Waals surface area contributed by atoms with E-state index in [9.17, 15) is 0 Å². The second kappa shape index (κ2) is 6.56. The van der Waals surface area contributed by atoms with Crippen molar-refractivity contribution in [3.8, 4) is 11.4 Å². The van der Waals surface area contributed by atoms with Gasteiger partial charge in [0.25, 0.3) is 0 Å². The van der Waals surface area contributed by atoms with Crippen LogP contribution in [0.25, 0.3) is 11.4 Å². The van der Waals surface area contributed by atoms with Crippen molar-refractivity contribution < 1.29 is 4.52 Å². The van der Waals surface area contributed by atoms with Crippen LogP contribution < -0.4 is 5.32 Å². The van der Waals surface area contributed by atoms with Crippen molar-refractivity contribution in [3.05, 3.63) is 35.2 Å². The van der Waals surface area contributed by atoms with Gasteiger partial charge in [-0.25, -0.2) is 0 Å². The average Bonchev–Trinajstić information content (AvgIpc) is 3.10. The van der Waals surface area contributed by atoms with Crippen LogP contribution in [-0.4, -0.2) is 41.7 Å². The Morgan fingerprint density at radius 1 is 1.43 bits per heavy atom. The van der Waals surface area contributed by atoms with Gasteiger partial charge >= 0.3 is 0 Å². The van der Waals surface area contributed by atoms with Crippen LogP contribution in [0.15, 0.2) is 28.8 Å². The number of aromatic nitrogens is 2. The van der Waals surface area contributed by atoms with Gasteiger partial charge in [-0.2, -0.15) is 4.98 Å². The zero-order valence-corrected chi connectivity index (χ0v) is 12.8. The molecule has 3 rings (SSSR count). The zero-order chi connectivity index (χ0) is 14.7. The molecule has 1 unspecified atom stereocenters. The van der Waals surface area contributed by atoms with Gasteiger partial charge in [-0.3, -0.25) is 4.90 Å². The normalized spacial score (nSPS) is 19.2. The third kappa shape index (κ3) is 3.43. The topological polar surface area (TPSA) is 54.2 Å². The fourth-order valence-corrected chi connectivity index (χ4v) is 2.99. The Balaban J connectivity index is 1.65. The maximum absolute atomic E-state index is 6.15.